The van der Waals surface area contributed by atoms with E-state index in [1.807, 2.05) is 0 Å². The summed E-state index contributed by atoms with van der Waals surface area (Å²) in [6.45, 7) is -0.580. The Labute approximate surface area is 97.0 Å². The molecule has 8 nitrogen and oxygen atoms in total. The van der Waals surface area contributed by atoms with Crippen LogP contribution in [0.2, 0.25) is 0 Å². The van der Waals surface area contributed by atoms with Gasteiger partial charge in [0.1, 0.15) is 23.3 Å². The van der Waals surface area contributed by atoms with E-state index in [1.54, 1.807) is 11.0 Å². The number of rotatable bonds is 5. The van der Waals surface area contributed by atoms with Crippen molar-refractivity contribution in [3.05, 3.63) is 24.0 Å². The molecule has 0 aliphatic carbocycles. The normalized spacial score (nSPS) is 10.8. The van der Waals surface area contributed by atoms with E-state index >= 15 is 0 Å². The molecule has 0 fully saturated rings. The van der Waals surface area contributed by atoms with Gasteiger partial charge < -0.3 is 5.73 Å². The predicted octanol–water partition coefficient (Wildman–Crippen LogP) is -1.35. The summed E-state index contributed by atoms with van der Waals surface area (Å²) in [7, 11) is -3.93. The Hall–Kier alpha value is -2.02. The Morgan fingerprint density at radius 2 is 2.29 bits per heavy atom. The minimum absolute atomic E-state index is 0.0852. The van der Waals surface area contributed by atoms with Gasteiger partial charge in [0.05, 0.1) is 0 Å². The molecule has 0 aliphatic heterocycles. The zero-order valence-electron chi connectivity index (χ0n) is 8.45. The zero-order valence-corrected chi connectivity index (χ0v) is 9.27. The van der Waals surface area contributed by atoms with Crippen LogP contribution in [-0.2, 0) is 19.7 Å². The molecular formula is C8H8N4O4S. The number of hydrogen-bond acceptors (Lipinski definition) is 6. The molecule has 0 bridgehead atoms. The van der Waals surface area contributed by atoms with Gasteiger partial charge in [-0.25, -0.2) is 13.4 Å². The third-order valence-corrected chi connectivity index (χ3v) is 2.74. The highest BCUT2D eigenvalue weighted by atomic mass is 32.2. The first kappa shape index (κ1) is 13.0. The van der Waals surface area contributed by atoms with E-state index in [-0.39, 0.29) is 10.6 Å². The molecule has 1 aromatic heterocycles. The van der Waals surface area contributed by atoms with E-state index < -0.39 is 22.5 Å². The lowest BCUT2D eigenvalue weighted by Crippen LogP contribution is -2.29. The second-order valence-electron chi connectivity index (χ2n) is 2.83. The quantitative estimate of drug-likeness (QED) is 0.625. The molecule has 0 spiro atoms. The van der Waals surface area contributed by atoms with Crippen molar-refractivity contribution in [2.75, 3.05) is 6.61 Å². The van der Waals surface area contributed by atoms with Gasteiger partial charge in [0, 0.05) is 6.20 Å². The van der Waals surface area contributed by atoms with Gasteiger partial charge in [-0.05, 0) is 12.1 Å². The maximum atomic E-state index is 11.5. The molecule has 9 heteroatoms. The number of sulfonamides is 1. The molecule has 0 aromatic carbocycles. The summed E-state index contributed by atoms with van der Waals surface area (Å²) in [6.07, 6.45) is 0.995. The number of pyridine rings is 1. The number of nitrogens with two attached hydrogens (primary N) is 1. The van der Waals surface area contributed by atoms with Crippen molar-refractivity contribution in [3.8, 4) is 6.07 Å². The lowest BCUT2D eigenvalue weighted by molar-refractivity contribution is -0.123. The van der Waals surface area contributed by atoms with Gasteiger partial charge in [-0.1, -0.05) is 4.89 Å². The number of aromatic nitrogens is 1. The van der Waals surface area contributed by atoms with Crippen LogP contribution >= 0.6 is 0 Å². The van der Waals surface area contributed by atoms with Crippen molar-refractivity contribution in [2.24, 2.45) is 5.73 Å². The van der Waals surface area contributed by atoms with Crippen molar-refractivity contribution >= 4 is 15.9 Å². The van der Waals surface area contributed by atoms with E-state index in [2.05, 4.69) is 9.82 Å². The van der Waals surface area contributed by atoms with Crippen LogP contribution in [0.4, 0.5) is 0 Å². The number of nitrogens with zero attached hydrogens (tertiary/aromatic N) is 2. The highest BCUT2D eigenvalue weighted by molar-refractivity contribution is 7.89. The average Bonchev–Trinajstić information content (AvgIpc) is 2.28. The molecule has 0 atom stereocenters. The molecule has 1 heterocycles. The second-order valence-corrected chi connectivity index (χ2v) is 4.48. The van der Waals surface area contributed by atoms with Crippen LogP contribution in [0.5, 0.6) is 0 Å². The van der Waals surface area contributed by atoms with E-state index in [0.717, 1.165) is 6.20 Å². The Morgan fingerprint density at radius 1 is 1.59 bits per heavy atom. The van der Waals surface area contributed by atoms with Gasteiger partial charge in [0.15, 0.2) is 0 Å². The van der Waals surface area contributed by atoms with Crippen LogP contribution in [0.1, 0.15) is 5.69 Å². The number of nitriles is 1. The average molecular weight is 256 g/mol. The van der Waals surface area contributed by atoms with E-state index in [0.29, 0.717) is 0 Å². The Balaban J connectivity index is 2.76. The maximum Gasteiger partial charge on any atom is 0.264 e. The van der Waals surface area contributed by atoms with E-state index in [4.69, 9.17) is 11.0 Å². The highest BCUT2D eigenvalue weighted by Gasteiger charge is 2.14. The van der Waals surface area contributed by atoms with Crippen LogP contribution in [0.25, 0.3) is 0 Å². The second kappa shape index (κ2) is 5.35. The third-order valence-electron chi connectivity index (χ3n) is 1.54. The molecule has 0 radical (unpaired) electrons. The first-order chi connectivity index (χ1) is 7.95. The molecule has 17 heavy (non-hydrogen) atoms. The maximum absolute atomic E-state index is 11.5. The number of carbonyl (C=O) groups excluding carboxylic acids is 1. The van der Waals surface area contributed by atoms with Gasteiger partial charge in [-0.2, -0.15) is 5.26 Å². The van der Waals surface area contributed by atoms with E-state index in [1.165, 1.54) is 12.1 Å². The van der Waals surface area contributed by atoms with Crippen LogP contribution in [-0.4, -0.2) is 25.9 Å². The van der Waals surface area contributed by atoms with Crippen LogP contribution in [0.15, 0.2) is 23.2 Å². The summed E-state index contributed by atoms with van der Waals surface area (Å²) in [6, 6.07) is 4.17. The Bertz CT molecular complexity index is 546. The molecular weight excluding hydrogens is 248 g/mol. The monoisotopic (exact) mass is 256 g/mol. The lowest BCUT2D eigenvalue weighted by Gasteiger charge is -2.05. The van der Waals surface area contributed by atoms with Gasteiger partial charge in [-0.15, -0.1) is 0 Å². The minimum atomic E-state index is -3.93. The third kappa shape index (κ3) is 3.80. The summed E-state index contributed by atoms with van der Waals surface area (Å²) >= 11 is 0. The van der Waals surface area contributed by atoms with Crippen molar-refractivity contribution < 1.29 is 18.0 Å². The van der Waals surface area contributed by atoms with Gasteiger partial charge in [0.25, 0.3) is 10.0 Å². The fourth-order valence-corrected chi connectivity index (χ4v) is 1.58. The first-order valence-corrected chi connectivity index (χ1v) is 5.72. The molecule has 90 valence electrons. The van der Waals surface area contributed by atoms with Crippen molar-refractivity contribution in [3.63, 3.8) is 0 Å². The molecule has 0 saturated heterocycles. The van der Waals surface area contributed by atoms with Crippen LogP contribution in [0.3, 0.4) is 0 Å². The number of primary amides is 1. The Morgan fingerprint density at radius 3 is 2.76 bits per heavy atom. The molecule has 0 unspecified atom stereocenters. The van der Waals surface area contributed by atoms with Crippen LogP contribution < -0.4 is 10.6 Å². The van der Waals surface area contributed by atoms with Gasteiger partial charge in [0.2, 0.25) is 5.91 Å². The lowest BCUT2D eigenvalue weighted by atomic mass is 10.4. The zero-order chi connectivity index (χ0) is 12.9. The first-order valence-electron chi connectivity index (χ1n) is 4.24. The van der Waals surface area contributed by atoms with Crippen molar-refractivity contribution in [1.29, 1.82) is 5.26 Å². The minimum Gasteiger partial charge on any atom is -0.368 e. The fourth-order valence-electron chi connectivity index (χ4n) is 0.832. The number of carbonyl (C=O) groups is 1. The molecule has 1 aromatic rings. The standard InChI is InChI=1S/C8H8N4O4S/c9-3-6-1-2-7(4-11-6)17(14,15)12-16-5-8(10)13/h1-2,4,12H,5H2,(H2,10,13). The number of nitrogens with one attached hydrogen (secondary N) is 1. The molecule has 1 rings (SSSR count). The summed E-state index contributed by atoms with van der Waals surface area (Å²) in [5.74, 6) is -0.814. The highest BCUT2D eigenvalue weighted by Crippen LogP contribution is 2.06. The fraction of sp³-hybridized carbons (Fsp3) is 0.125. The molecule has 1 amide bonds. The largest absolute Gasteiger partial charge is 0.368 e. The number of amides is 1. The predicted molar refractivity (Wildman–Crippen MR) is 54.4 cm³/mol. The van der Waals surface area contributed by atoms with Gasteiger partial charge in [-0.3, -0.25) is 9.63 Å². The van der Waals surface area contributed by atoms with Crippen molar-refractivity contribution in [2.45, 2.75) is 4.90 Å². The summed E-state index contributed by atoms with van der Waals surface area (Å²) < 4.78 is 23.0. The summed E-state index contributed by atoms with van der Waals surface area (Å²) in [5.41, 5.74) is 4.84. The van der Waals surface area contributed by atoms with Gasteiger partial charge >= 0.3 is 0 Å². The summed E-state index contributed by atoms with van der Waals surface area (Å²) in [5, 5.41) is 8.48. The summed E-state index contributed by atoms with van der Waals surface area (Å²) in [4.78, 5) is 19.8. The Kier molecular flexibility index (Phi) is 4.11. The SMILES string of the molecule is N#Cc1ccc(S(=O)(=O)NOCC(N)=O)cn1. The molecule has 0 aliphatic rings. The topological polar surface area (TPSA) is 135 Å². The number of hydrogen-bond donors (Lipinski definition) is 2. The van der Waals surface area contributed by atoms with E-state index in [9.17, 15) is 13.2 Å². The smallest absolute Gasteiger partial charge is 0.264 e. The molecule has 3 N–H and O–H groups in total. The molecule has 0 saturated carbocycles. The van der Waals surface area contributed by atoms with Crippen molar-refractivity contribution in [1.82, 2.24) is 9.87 Å². The van der Waals surface area contributed by atoms with Crippen LogP contribution in [0, 0.1) is 11.3 Å².